The van der Waals surface area contributed by atoms with Gasteiger partial charge in [0.05, 0.1) is 6.04 Å². The van der Waals surface area contributed by atoms with Gasteiger partial charge in [-0.2, -0.15) is 5.10 Å². The van der Waals surface area contributed by atoms with Crippen molar-refractivity contribution in [2.45, 2.75) is 31.5 Å². The summed E-state index contributed by atoms with van der Waals surface area (Å²) < 4.78 is 1.71. The minimum atomic E-state index is -0.966. The van der Waals surface area contributed by atoms with Gasteiger partial charge in [-0.15, -0.1) is 0 Å². The zero-order chi connectivity index (χ0) is 18.0. The second-order valence-corrected chi connectivity index (χ2v) is 6.80. The third kappa shape index (κ3) is 3.19. The van der Waals surface area contributed by atoms with Gasteiger partial charge in [0.15, 0.2) is 0 Å². The van der Waals surface area contributed by atoms with E-state index in [0.717, 1.165) is 5.56 Å². The van der Waals surface area contributed by atoms with E-state index in [4.69, 9.17) is 0 Å². The minimum absolute atomic E-state index is 0.0266. The molecule has 1 aromatic carbocycles. The lowest BCUT2D eigenvalue weighted by molar-refractivity contribution is -0.0811. The van der Waals surface area contributed by atoms with E-state index in [1.54, 1.807) is 16.9 Å². The van der Waals surface area contributed by atoms with Gasteiger partial charge in [-0.05, 0) is 39.1 Å². The van der Waals surface area contributed by atoms with Gasteiger partial charge in [-0.25, -0.2) is 0 Å². The Hall–Kier alpha value is -2.18. The van der Waals surface area contributed by atoms with Gasteiger partial charge >= 0.3 is 0 Å². The second-order valence-electron chi connectivity index (χ2n) is 6.80. The summed E-state index contributed by atoms with van der Waals surface area (Å²) in [6.07, 6.45) is 2.16. The summed E-state index contributed by atoms with van der Waals surface area (Å²) in [5.41, 5.74) is 0.538. The molecule has 2 atom stereocenters. The number of aryl methyl sites for hydroxylation is 1. The van der Waals surface area contributed by atoms with Crippen LogP contribution in [0.25, 0.3) is 0 Å². The molecule has 1 aromatic heterocycles. The number of carbonyl (C=O) groups is 1. The SMILES string of the molecule is CCn1nccc1C(=O)N1CCC(O)(c2ccccc2)[C@H](N(C)C)C1. The number of hydrogen-bond donors (Lipinski definition) is 1. The van der Waals surface area contributed by atoms with E-state index in [1.807, 2.05) is 61.2 Å². The summed E-state index contributed by atoms with van der Waals surface area (Å²) in [5.74, 6) is -0.0266. The van der Waals surface area contributed by atoms with Crippen LogP contribution >= 0.6 is 0 Å². The van der Waals surface area contributed by atoms with Crippen LogP contribution in [0.5, 0.6) is 0 Å². The van der Waals surface area contributed by atoms with Crippen molar-refractivity contribution in [2.24, 2.45) is 0 Å². The maximum absolute atomic E-state index is 12.9. The fourth-order valence-corrected chi connectivity index (χ4v) is 3.69. The first kappa shape index (κ1) is 17.6. The van der Waals surface area contributed by atoms with E-state index in [2.05, 4.69) is 5.10 Å². The lowest BCUT2D eigenvalue weighted by Gasteiger charge is -2.47. The number of likely N-dealkylation sites (tertiary alicyclic amines) is 1. The second kappa shape index (κ2) is 6.98. The molecule has 2 aromatic rings. The highest BCUT2D eigenvalue weighted by molar-refractivity contribution is 5.92. The molecule has 1 aliphatic heterocycles. The van der Waals surface area contributed by atoms with Crippen molar-refractivity contribution in [2.75, 3.05) is 27.2 Å². The molecular weight excluding hydrogens is 316 g/mol. The van der Waals surface area contributed by atoms with Crippen LogP contribution in [-0.2, 0) is 12.1 Å². The molecule has 2 heterocycles. The Bertz CT molecular complexity index is 728. The van der Waals surface area contributed by atoms with Gasteiger partial charge in [-0.1, -0.05) is 30.3 Å². The number of amides is 1. The summed E-state index contributed by atoms with van der Waals surface area (Å²) in [5, 5.41) is 15.6. The number of piperidine rings is 1. The lowest BCUT2D eigenvalue weighted by atomic mass is 9.79. The van der Waals surface area contributed by atoms with Gasteiger partial charge < -0.3 is 14.9 Å². The van der Waals surface area contributed by atoms with Gasteiger partial charge in [0, 0.05) is 25.8 Å². The van der Waals surface area contributed by atoms with Gasteiger partial charge in [-0.3, -0.25) is 9.48 Å². The molecule has 3 rings (SSSR count). The highest BCUT2D eigenvalue weighted by atomic mass is 16.3. The molecule has 1 fully saturated rings. The molecule has 6 nitrogen and oxygen atoms in total. The number of nitrogens with zero attached hydrogens (tertiary/aromatic N) is 4. The number of carbonyl (C=O) groups excluding carboxylic acids is 1. The number of likely N-dealkylation sites (N-methyl/N-ethyl adjacent to an activating group) is 1. The third-order valence-corrected chi connectivity index (χ3v) is 5.13. The van der Waals surface area contributed by atoms with Crippen LogP contribution in [0.15, 0.2) is 42.6 Å². The highest BCUT2D eigenvalue weighted by Gasteiger charge is 2.45. The molecule has 0 radical (unpaired) electrons. The normalized spacial score (nSPS) is 23.9. The summed E-state index contributed by atoms with van der Waals surface area (Å²) in [4.78, 5) is 16.7. The molecule has 0 saturated carbocycles. The highest BCUT2D eigenvalue weighted by Crippen LogP contribution is 2.35. The molecule has 1 amide bonds. The quantitative estimate of drug-likeness (QED) is 0.916. The topological polar surface area (TPSA) is 61.6 Å². The lowest BCUT2D eigenvalue weighted by Crippen LogP contribution is -2.60. The average Bonchev–Trinajstić information content (AvgIpc) is 3.10. The molecule has 0 spiro atoms. The van der Waals surface area contributed by atoms with E-state index < -0.39 is 5.60 Å². The summed E-state index contributed by atoms with van der Waals surface area (Å²) in [7, 11) is 3.89. The predicted octanol–water partition coefficient (Wildman–Crippen LogP) is 1.57. The van der Waals surface area contributed by atoms with Crippen LogP contribution in [0.2, 0.25) is 0 Å². The predicted molar refractivity (Wildman–Crippen MR) is 96.2 cm³/mol. The number of aromatic nitrogens is 2. The van der Waals surface area contributed by atoms with Gasteiger partial charge in [0.2, 0.25) is 0 Å². The van der Waals surface area contributed by atoms with Gasteiger partial charge in [0.25, 0.3) is 5.91 Å². The third-order valence-electron chi connectivity index (χ3n) is 5.13. The Balaban J connectivity index is 1.86. The number of rotatable bonds is 4. The molecule has 134 valence electrons. The largest absolute Gasteiger partial charge is 0.383 e. The molecule has 1 N–H and O–H groups in total. The van der Waals surface area contributed by atoms with E-state index in [0.29, 0.717) is 31.7 Å². The average molecular weight is 342 g/mol. The monoisotopic (exact) mass is 342 g/mol. The summed E-state index contributed by atoms with van der Waals surface area (Å²) in [6.45, 7) is 3.62. The Morgan fingerprint density at radius 2 is 2.04 bits per heavy atom. The molecule has 0 bridgehead atoms. The van der Waals surface area contributed by atoms with Crippen LogP contribution < -0.4 is 0 Å². The zero-order valence-electron chi connectivity index (χ0n) is 15.1. The van der Waals surface area contributed by atoms with Crippen LogP contribution in [-0.4, -0.2) is 63.8 Å². The first-order valence-electron chi connectivity index (χ1n) is 8.72. The Kier molecular flexibility index (Phi) is 4.92. The van der Waals surface area contributed by atoms with Crippen LogP contribution in [0.3, 0.4) is 0 Å². The van der Waals surface area contributed by atoms with E-state index in [-0.39, 0.29) is 11.9 Å². The van der Waals surface area contributed by atoms with E-state index >= 15 is 0 Å². The van der Waals surface area contributed by atoms with Crippen molar-refractivity contribution < 1.29 is 9.90 Å². The summed E-state index contributed by atoms with van der Waals surface area (Å²) in [6, 6.07) is 11.3. The first-order valence-corrected chi connectivity index (χ1v) is 8.72. The maximum atomic E-state index is 12.9. The molecule has 1 aliphatic rings. The first-order chi connectivity index (χ1) is 12.0. The van der Waals surface area contributed by atoms with Crippen LogP contribution in [0, 0.1) is 0 Å². The van der Waals surface area contributed by atoms with E-state index in [9.17, 15) is 9.90 Å². The maximum Gasteiger partial charge on any atom is 0.272 e. The van der Waals surface area contributed by atoms with Gasteiger partial charge in [0.1, 0.15) is 11.3 Å². The van der Waals surface area contributed by atoms with Crippen molar-refractivity contribution in [3.05, 3.63) is 53.9 Å². The standard InChI is InChI=1S/C19H26N4O2/c1-4-23-16(10-12-20-23)18(24)22-13-11-19(25,17(14-22)21(2)3)15-8-6-5-7-9-15/h5-10,12,17,25H,4,11,13-14H2,1-3H3/t17-,19?/m1/s1. The molecule has 6 heteroatoms. The molecule has 1 saturated heterocycles. The molecular formula is C19H26N4O2. The number of hydrogen-bond acceptors (Lipinski definition) is 4. The Morgan fingerprint density at radius 3 is 2.68 bits per heavy atom. The number of aliphatic hydroxyl groups is 1. The molecule has 25 heavy (non-hydrogen) atoms. The minimum Gasteiger partial charge on any atom is -0.383 e. The fourth-order valence-electron chi connectivity index (χ4n) is 3.69. The molecule has 0 aliphatic carbocycles. The number of benzene rings is 1. The van der Waals surface area contributed by atoms with Crippen molar-refractivity contribution in [1.82, 2.24) is 19.6 Å². The smallest absolute Gasteiger partial charge is 0.272 e. The Morgan fingerprint density at radius 1 is 1.32 bits per heavy atom. The van der Waals surface area contributed by atoms with Crippen LogP contribution in [0.4, 0.5) is 0 Å². The van der Waals surface area contributed by atoms with Crippen LogP contribution in [0.1, 0.15) is 29.4 Å². The van der Waals surface area contributed by atoms with Crippen molar-refractivity contribution >= 4 is 5.91 Å². The summed E-state index contributed by atoms with van der Waals surface area (Å²) >= 11 is 0. The van der Waals surface area contributed by atoms with Crippen molar-refractivity contribution in [1.29, 1.82) is 0 Å². The Labute approximate surface area is 148 Å². The van der Waals surface area contributed by atoms with Crippen molar-refractivity contribution in [3.63, 3.8) is 0 Å². The zero-order valence-corrected chi connectivity index (χ0v) is 15.1. The van der Waals surface area contributed by atoms with E-state index in [1.165, 1.54) is 0 Å². The fraction of sp³-hybridized carbons (Fsp3) is 0.474. The molecule has 1 unspecified atom stereocenters. The van der Waals surface area contributed by atoms with Crippen molar-refractivity contribution in [3.8, 4) is 0 Å².